The van der Waals surface area contributed by atoms with Crippen LogP contribution in [0.1, 0.15) is 79.4 Å². The highest BCUT2D eigenvalue weighted by Crippen LogP contribution is 2.38. The predicted molar refractivity (Wildman–Crippen MR) is 127 cm³/mol. The van der Waals surface area contributed by atoms with Gasteiger partial charge >= 0.3 is 6.18 Å². The van der Waals surface area contributed by atoms with E-state index in [1.807, 2.05) is 11.5 Å². The van der Waals surface area contributed by atoms with Crippen LogP contribution in [0.3, 0.4) is 0 Å². The second kappa shape index (κ2) is 10.3. The van der Waals surface area contributed by atoms with Crippen LogP contribution in [-0.2, 0) is 12.7 Å². The number of halogens is 4. The van der Waals surface area contributed by atoms with Gasteiger partial charge in [-0.2, -0.15) is 13.2 Å². The van der Waals surface area contributed by atoms with Gasteiger partial charge in [0, 0.05) is 34.8 Å². The van der Waals surface area contributed by atoms with E-state index in [1.165, 1.54) is 12.5 Å². The van der Waals surface area contributed by atoms with Crippen LogP contribution in [0.5, 0.6) is 0 Å². The van der Waals surface area contributed by atoms with Crippen molar-refractivity contribution in [2.24, 2.45) is 5.92 Å². The van der Waals surface area contributed by atoms with E-state index in [4.69, 9.17) is 11.6 Å². The van der Waals surface area contributed by atoms with Gasteiger partial charge in [0.15, 0.2) is 0 Å². The first-order chi connectivity index (χ1) is 16.1. The summed E-state index contributed by atoms with van der Waals surface area (Å²) in [4.78, 5) is 13.2. The van der Waals surface area contributed by atoms with Crippen LogP contribution in [0.4, 0.5) is 13.2 Å². The van der Waals surface area contributed by atoms with Crippen LogP contribution in [0, 0.1) is 12.8 Å². The van der Waals surface area contributed by atoms with E-state index in [1.54, 1.807) is 6.07 Å². The van der Waals surface area contributed by atoms with Crippen molar-refractivity contribution in [3.8, 4) is 11.3 Å². The van der Waals surface area contributed by atoms with Crippen molar-refractivity contribution in [2.45, 2.75) is 89.6 Å². The minimum absolute atomic E-state index is 0.0302. The lowest BCUT2D eigenvalue weighted by molar-refractivity contribution is -0.137. The standard InChI is InChI=1S/C26H32ClF3N2O2/c1-16-20(25(34)31-19-8-3-2-4-9-19)14-23(32(16)15-17-7-5-6-10-24(17)33)21-13-18(26(28,29)30)11-12-22(21)27/h11-14,17,19,24,33H,2-10,15H2,1H3,(H,31,34). The molecule has 0 saturated heterocycles. The SMILES string of the molecule is Cc1c(C(=O)NC2CCCCC2)cc(-c2cc(C(F)(F)F)ccc2Cl)n1CC1CCCCC1O. The van der Waals surface area contributed by atoms with Gasteiger partial charge in [0.1, 0.15) is 0 Å². The zero-order valence-corrected chi connectivity index (χ0v) is 20.2. The van der Waals surface area contributed by atoms with Crippen LogP contribution >= 0.6 is 11.6 Å². The van der Waals surface area contributed by atoms with Crippen LogP contribution in [0.2, 0.25) is 5.02 Å². The van der Waals surface area contributed by atoms with Crippen molar-refractivity contribution < 1.29 is 23.1 Å². The monoisotopic (exact) mass is 496 g/mol. The highest BCUT2D eigenvalue weighted by atomic mass is 35.5. The molecule has 8 heteroatoms. The van der Waals surface area contributed by atoms with Crippen molar-refractivity contribution in [1.82, 2.24) is 9.88 Å². The fourth-order valence-corrected chi connectivity index (χ4v) is 5.59. The van der Waals surface area contributed by atoms with Crippen LogP contribution in [-0.4, -0.2) is 27.7 Å². The molecule has 34 heavy (non-hydrogen) atoms. The smallest absolute Gasteiger partial charge is 0.393 e. The number of aliphatic hydroxyl groups excluding tert-OH is 1. The molecule has 1 heterocycles. The van der Waals surface area contributed by atoms with Crippen LogP contribution < -0.4 is 5.32 Å². The number of benzene rings is 1. The van der Waals surface area contributed by atoms with E-state index in [0.29, 0.717) is 29.9 Å². The number of amides is 1. The Morgan fingerprint density at radius 1 is 1.09 bits per heavy atom. The first-order valence-corrected chi connectivity index (χ1v) is 12.6. The molecule has 2 saturated carbocycles. The number of nitrogens with zero attached hydrogens (tertiary/aromatic N) is 1. The van der Waals surface area contributed by atoms with Gasteiger partial charge in [0.25, 0.3) is 5.91 Å². The molecule has 0 bridgehead atoms. The molecule has 2 unspecified atom stereocenters. The summed E-state index contributed by atoms with van der Waals surface area (Å²) in [5.41, 5.74) is 1.04. The maximum atomic E-state index is 13.5. The molecule has 2 aliphatic rings. The third-order valence-electron chi connectivity index (χ3n) is 7.41. The van der Waals surface area contributed by atoms with Gasteiger partial charge < -0.3 is 15.0 Å². The number of alkyl halides is 3. The Morgan fingerprint density at radius 3 is 2.44 bits per heavy atom. The topological polar surface area (TPSA) is 54.3 Å². The van der Waals surface area contributed by atoms with Gasteiger partial charge in [-0.25, -0.2) is 0 Å². The molecule has 0 spiro atoms. The Hall–Kier alpha value is -1.99. The molecule has 0 aliphatic heterocycles. The second-order valence-corrected chi connectivity index (χ2v) is 10.2. The van der Waals surface area contributed by atoms with Crippen molar-refractivity contribution in [1.29, 1.82) is 0 Å². The minimum atomic E-state index is -4.51. The fraction of sp³-hybridized carbons (Fsp3) is 0.577. The quantitative estimate of drug-likeness (QED) is 0.481. The van der Waals surface area contributed by atoms with Gasteiger partial charge in [-0.15, -0.1) is 0 Å². The highest BCUT2D eigenvalue weighted by Gasteiger charge is 2.32. The number of aromatic nitrogens is 1. The number of rotatable bonds is 5. The fourth-order valence-electron chi connectivity index (χ4n) is 5.38. The summed E-state index contributed by atoms with van der Waals surface area (Å²) in [5, 5.41) is 13.9. The Bertz CT molecular complexity index is 1030. The molecule has 2 atom stereocenters. The van der Waals surface area contributed by atoms with Crippen molar-refractivity contribution >= 4 is 17.5 Å². The lowest BCUT2D eigenvalue weighted by Crippen LogP contribution is -2.36. The lowest BCUT2D eigenvalue weighted by Gasteiger charge is -2.29. The van der Waals surface area contributed by atoms with E-state index in [2.05, 4.69) is 5.32 Å². The molecule has 2 aliphatic carbocycles. The van der Waals surface area contributed by atoms with Crippen molar-refractivity contribution in [3.05, 3.63) is 46.1 Å². The number of carbonyl (C=O) groups is 1. The molecular formula is C26H32ClF3N2O2. The van der Waals surface area contributed by atoms with Crippen molar-refractivity contribution in [3.63, 3.8) is 0 Å². The largest absolute Gasteiger partial charge is 0.416 e. The minimum Gasteiger partial charge on any atom is -0.393 e. The Kier molecular flexibility index (Phi) is 7.63. The molecule has 4 nitrogen and oxygen atoms in total. The lowest BCUT2D eigenvalue weighted by atomic mass is 9.86. The maximum Gasteiger partial charge on any atom is 0.416 e. The summed E-state index contributed by atoms with van der Waals surface area (Å²) in [6, 6.07) is 5.04. The maximum absolute atomic E-state index is 13.5. The number of aliphatic hydroxyl groups is 1. The van der Waals surface area contributed by atoms with Crippen LogP contribution in [0.15, 0.2) is 24.3 Å². The van der Waals surface area contributed by atoms with Gasteiger partial charge in [-0.1, -0.05) is 43.7 Å². The van der Waals surface area contributed by atoms with Crippen LogP contribution in [0.25, 0.3) is 11.3 Å². The van der Waals surface area contributed by atoms with E-state index < -0.39 is 17.8 Å². The Labute approximate surface area is 203 Å². The second-order valence-electron chi connectivity index (χ2n) is 9.75. The molecule has 1 amide bonds. The number of nitrogens with one attached hydrogen (secondary N) is 1. The van der Waals surface area contributed by atoms with Gasteiger partial charge in [0.2, 0.25) is 0 Å². The average molecular weight is 497 g/mol. The summed E-state index contributed by atoms with van der Waals surface area (Å²) in [7, 11) is 0. The van der Waals surface area contributed by atoms with Gasteiger partial charge in [-0.05, 0) is 56.9 Å². The summed E-state index contributed by atoms with van der Waals surface area (Å²) in [5.74, 6) is -0.242. The predicted octanol–water partition coefficient (Wildman–Crippen LogP) is 6.75. The zero-order chi connectivity index (χ0) is 24.5. The number of hydrogen-bond acceptors (Lipinski definition) is 2. The molecule has 186 valence electrons. The van der Waals surface area contributed by atoms with E-state index >= 15 is 0 Å². The van der Waals surface area contributed by atoms with E-state index in [-0.39, 0.29) is 28.5 Å². The van der Waals surface area contributed by atoms with Gasteiger partial charge in [-0.3, -0.25) is 4.79 Å². The molecule has 2 fully saturated rings. The number of hydrogen-bond donors (Lipinski definition) is 2. The molecule has 0 radical (unpaired) electrons. The third kappa shape index (κ3) is 5.46. The number of carbonyl (C=O) groups excluding carboxylic acids is 1. The highest BCUT2D eigenvalue weighted by molar-refractivity contribution is 6.33. The van der Waals surface area contributed by atoms with E-state index in [0.717, 1.165) is 57.1 Å². The van der Waals surface area contributed by atoms with Crippen molar-refractivity contribution in [2.75, 3.05) is 0 Å². The summed E-state index contributed by atoms with van der Waals surface area (Å²) >= 11 is 6.39. The summed E-state index contributed by atoms with van der Waals surface area (Å²) < 4.78 is 42.3. The van der Waals surface area contributed by atoms with E-state index in [9.17, 15) is 23.1 Å². The average Bonchev–Trinajstić information content (AvgIpc) is 3.11. The van der Waals surface area contributed by atoms with Gasteiger partial charge in [0.05, 0.1) is 22.9 Å². The Morgan fingerprint density at radius 2 is 1.76 bits per heavy atom. The summed E-state index contributed by atoms with van der Waals surface area (Å²) in [6.07, 6.45) is 3.72. The normalized spacial score (nSPS) is 22.1. The zero-order valence-electron chi connectivity index (χ0n) is 19.4. The molecule has 4 rings (SSSR count). The Balaban J connectivity index is 1.75. The summed E-state index contributed by atoms with van der Waals surface area (Å²) in [6.45, 7) is 2.24. The first kappa shape index (κ1) is 25.1. The molecular weight excluding hydrogens is 465 g/mol. The molecule has 1 aromatic heterocycles. The third-order valence-corrected chi connectivity index (χ3v) is 7.74. The first-order valence-electron chi connectivity index (χ1n) is 12.2. The molecule has 1 aromatic carbocycles. The molecule has 2 aromatic rings. The molecule has 2 N–H and O–H groups in total.